The molecule has 1 fully saturated rings. The maximum atomic E-state index is 12.9. The number of carbonyl (C=O) groups excluding carboxylic acids is 2. The van der Waals surface area contributed by atoms with Gasteiger partial charge in [-0.05, 0) is 31.5 Å². The van der Waals surface area contributed by atoms with Crippen molar-refractivity contribution in [2.75, 3.05) is 44.9 Å². The number of carbonyl (C=O) groups is 2. The average Bonchev–Trinajstić information content (AvgIpc) is 3.11. The van der Waals surface area contributed by atoms with Crippen LogP contribution in [-0.2, 0) is 29.4 Å². The fourth-order valence-corrected chi connectivity index (χ4v) is 7.03. The summed E-state index contributed by atoms with van der Waals surface area (Å²) in [6, 6.07) is 3.44. The van der Waals surface area contributed by atoms with E-state index >= 15 is 0 Å². The van der Waals surface area contributed by atoms with Crippen LogP contribution in [-0.4, -0.2) is 88.8 Å². The van der Waals surface area contributed by atoms with Crippen LogP contribution in [0.5, 0.6) is 5.75 Å². The number of esters is 1. The normalized spacial score (nSPS) is 17.8. The average molecular weight is 491 g/mol. The summed E-state index contributed by atoms with van der Waals surface area (Å²) >= 11 is 0. The number of sulfonamides is 1. The van der Waals surface area contributed by atoms with Gasteiger partial charge in [0.15, 0.2) is 16.4 Å². The van der Waals surface area contributed by atoms with Gasteiger partial charge in [-0.2, -0.15) is 4.31 Å². The van der Waals surface area contributed by atoms with E-state index in [2.05, 4.69) is 0 Å². The molecular weight excluding hydrogens is 460 g/mol. The van der Waals surface area contributed by atoms with Gasteiger partial charge in [-0.15, -0.1) is 0 Å². The van der Waals surface area contributed by atoms with Gasteiger partial charge in [0, 0.05) is 25.7 Å². The second-order valence-corrected chi connectivity index (χ2v) is 11.4. The van der Waals surface area contributed by atoms with Crippen LogP contribution >= 0.6 is 0 Å². The highest BCUT2D eigenvalue weighted by Crippen LogP contribution is 2.28. The number of amides is 1. The molecular formula is C20H30N2O8S2. The first kappa shape index (κ1) is 26.1. The third kappa shape index (κ3) is 5.78. The lowest BCUT2D eigenvalue weighted by molar-refractivity contribution is -0.136. The lowest BCUT2D eigenvalue weighted by atomic mass is 10.2. The maximum Gasteiger partial charge on any atom is 0.338 e. The fourth-order valence-electron chi connectivity index (χ4n) is 3.66. The maximum absolute atomic E-state index is 12.9. The van der Waals surface area contributed by atoms with Crippen LogP contribution in [0, 0.1) is 0 Å². The number of ether oxygens (including phenoxy) is 2. The molecule has 1 heterocycles. The second-order valence-electron chi connectivity index (χ2n) is 7.27. The molecule has 12 heteroatoms. The molecule has 1 atom stereocenters. The standard InChI is InChI=1S/C20H30N2O8S2/c1-5-21(6-2)32(27,28)18-12-15(8-9-17(18)29-4)20(24)30-13-19(23)22(7-3)16-10-11-31(25,26)14-16/h8-9,12,16H,5-7,10-11,13-14H2,1-4H3. The Hall–Kier alpha value is -2.18. The summed E-state index contributed by atoms with van der Waals surface area (Å²) < 4.78 is 60.8. The first-order valence-electron chi connectivity index (χ1n) is 10.4. The van der Waals surface area contributed by atoms with E-state index in [1.165, 1.54) is 34.5 Å². The highest BCUT2D eigenvalue weighted by atomic mass is 32.2. The highest BCUT2D eigenvalue weighted by molar-refractivity contribution is 7.91. The van der Waals surface area contributed by atoms with Gasteiger partial charge in [0.1, 0.15) is 10.6 Å². The van der Waals surface area contributed by atoms with Crippen molar-refractivity contribution in [2.24, 2.45) is 0 Å². The molecule has 32 heavy (non-hydrogen) atoms. The zero-order valence-corrected chi connectivity index (χ0v) is 20.4. The number of sulfone groups is 1. The Morgan fingerprint density at radius 3 is 2.28 bits per heavy atom. The Morgan fingerprint density at radius 2 is 1.78 bits per heavy atom. The first-order valence-corrected chi connectivity index (χ1v) is 13.6. The summed E-state index contributed by atoms with van der Waals surface area (Å²) in [6.07, 6.45) is 0.348. The van der Waals surface area contributed by atoms with Crippen molar-refractivity contribution >= 4 is 31.7 Å². The van der Waals surface area contributed by atoms with Gasteiger partial charge in [-0.1, -0.05) is 13.8 Å². The van der Waals surface area contributed by atoms with Crippen LogP contribution in [0.25, 0.3) is 0 Å². The van der Waals surface area contributed by atoms with Crippen LogP contribution in [0.4, 0.5) is 0 Å². The zero-order valence-electron chi connectivity index (χ0n) is 18.7. The van der Waals surface area contributed by atoms with Gasteiger partial charge in [0.25, 0.3) is 5.91 Å². The van der Waals surface area contributed by atoms with Crippen molar-refractivity contribution < 1.29 is 35.9 Å². The summed E-state index contributed by atoms with van der Waals surface area (Å²) in [6.45, 7) is 5.32. The minimum absolute atomic E-state index is 0.0247. The van der Waals surface area contributed by atoms with Gasteiger partial charge in [-0.3, -0.25) is 4.79 Å². The van der Waals surface area contributed by atoms with Gasteiger partial charge in [0.2, 0.25) is 10.0 Å². The minimum atomic E-state index is -3.90. The molecule has 0 aliphatic carbocycles. The molecule has 2 rings (SSSR count). The molecule has 1 aromatic rings. The van der Waals surface area contributed by atoms with Gasteiger partial charge in [0.05, 0.1) is 24.2 Å². The largest absolute Gasteiger partial charge is 0.495 e. The van der Waals surface area contributed by atoms with E-state index in [0.717, 1.165) is 0 Å². The van der Waals surface area contributed by atoms with Crippen LogP contribution in [0.1, 0.15) is 37.6 Å². The quantitative estimate of drug-likeness (QED) is 0.443. The predicted molar refractivity (Wildman–Crippen MR) is 118 cm³/mol. The summed E-state index contributed by atoms with van der Waals surface area (Å²) in [5.74, 6) is -1.37. The third-order valence-corrected chi connectivity index (χ3v) is 9.18. The van der Waals surface area contributed by atoms with E-state index in [1.54, 1.807) is 20.8 Å². The summed E-state index contributed by atoms with van der Waals surface area (Å²) in [7, 11) is -5.74. The minimum Gasteiger partial charge on any atom is -0.495 e. The molecule has 0 radical (unpaired) electrons. The molecule has 0 saturated carbocycles. The molecule has 1 aromatic carbocycles. The molecule has 0 spiro atoms. The molecule has 0 aromatic heterocycles. The number of likely N-dealkylation sites (N-methyl/N-ethyl adjacent to an activating group) is 1. The predicted octanol–water partition coefficient (Wildman–Crippen LogP) is 0.918. The smallest absolute Gasteiger partial charge is 0.338 e. The van der Waals surface area contributed by atoms with Crippen molar-refractivity contribution in [3.8, 4) is 5.75 Å². The van der Waals surface area contributed by atoms with Crippen LogP contribution < -0.4 is 4.74 Å². The number of hydrogen-bond donors (Lipinski definition) is 0. The molecule has 1 aliphatic heterocycles. The SMILES string of the molecule is CCN(C(=O)COC(=O)c1ccc(OC)c(S(=O)(=O)N(CC)CC)c1)C1CCS(=O)(=O)C1. The van der Waals surface area contributed by atoms with E-state index in [4.69, 9.17) is 9.47 Å². The molecule has 1 unspecified atom stereocenters. The molecule has 10 nitrogen and oxygen atoms in total. The highest BCUT2D eigenvalue weighted by Gasteiger charge is 2.34. The van der Waals surface area contributed by atoms with Crippen LogP contribution in [0.15, 0.2) is 23.1 Å². The lowest BCUT2D eigenvalue weighted by Gasteiger charge is -2.26. The van der Waals surface area contributed by atoms with Gasteiger partial charge < -0.3 is 14.4 Å². The van der Waals surface area contributed by atoms with E-state index < -0.39 is 44.4 Å². The third-order valence-electron chi connectivity index (χ3n) is 5.36. The summed E-state index contributed by atoms with van der Waals surface area (Å²) in [5.41, 5.74) is -0.0455. The van der Waals surface area contributed by atoms with E-state index in [9.17, 15) is 26.4 Å². The van der Waals surface area contributed by atoms with Crippen molar-refractivity contribution in [1.82, 2.24) is 9.21 Å². The van der Waals surface area contributed by atoms with Crippen LogP contribution in [0.3, 0.4) is 0 Å². The van der Waals surface area contributed by atoms with Crippen molar-refractivity contribution in [1.29, 1.82) is 0 Å². The van der Waals surface area contributed by atoms with Gasteiger partial charge in [-0.25, -0.2) is 21.6 Å². The number of nitrogens with zero attached hydrogens (tertiary/aromatic N) is 2. The molecule has 1 saturated heterocycles. The number of rotatable bonds is 10. The van der Waals surface area contributed by atoms with Gasteiger partial charge >= 0.3 is 5.97 Å². The Morgan fingerprint density at radius 1 is 1.12 bits per heavy atom. The Labute approximate surface area is 189 Å². The fraction of sp³-hybridized carbons (Fsp3) is 0.600. The van der Waals surface area contributed by atoms with Crippen LogP contribution in [0.2, 0.25) is 0 Å². The zero-order chi connectivity index (χ0) is 24.1. The molecule has 1 amide bonds. The Bertz CT molecular complexity index is 1050. The molecule has 0 bridgehead atoms. The first-order chi connectivity index (χ1) is 15.0. The van der Waals surface area contributed by atoms with E-state index in [1.807, 2.05) is 0 Å². The molecule has 0 N–H and O–H groups in total. The second kappa shape index (κ2) is 10.6. The topological polar surface area (TPSA) is 127 Å². The molecule has 180 valence electrons. The van der Waals surface area contributed by atoms with E-state index in [-0.39, 0.29) is 47.3 Å². The Kier molecular flexibility index (Phi) is 8.66. The lowest BCUT2D eigenvalue weighted by Crippen LogP contribution is -2.43. The number of benzene rings is 1. The monoisotopic (exact) mass is 490 g/mol. The number of methoxy groups -OCH3 is 1. The summed E-state index contributed by atoms with van der Waals surface area (Å²) in [4.78, 5) is 26.3. The van der Waals surface area contributed by atoms with Crippen molar-refractivity contribution in [3.05, 3.63) is 23.8 Å². The Balaban J connectivity index is 2.17. The van der Waals surface area contributed by atoms with Crippen molar-refractivity contribution in [3.63, 3.8) is 0 Å². The van der Waals surface area contributed by atoms with Crippen molar-refractivity contribution in [2.45, 2.75) is 38.1 Å². The van der Waals surface area contributed by atoms with E-state index in [0.29, 0.717) is 6.42 Å². The molecule has 1 aliphatic rings. The number of hydrogen-bond acceptors (Lipinski definition) is 8. The summed E-state index contributed by atoms with van der Waals surface area (Å²) in [5, 5.41) is 0.